The van der Waals surface area contributed by atoms with E-state index in [1.807, 2.05) is 18.8 Å². The standard InChI is InChI=1S/C22H36N6.HI/c1-16(13-21-18(3)26-28(7)19(21)4)25-22(23-5)24-14-17(2)27(6)15-20-11-9-8-10-12-20;/h8-12,16-17H,13-15H2,1-7H3,(H2,23,24,25);1H. The lowest BCUT2D eigenvalue weighted by molar-refractivity contribution is 0.249. The minimum Gasteiger partial charge on any atom is -0.355 e. The summed E-state index contributed by atoms with van der Waals surface area (Å²) in [5, 5.41) is 11.5. The van der Waals surface area contributed by atoms with Crippen LogP contribution >= 0.6 is 24.0 Å². The Balaban J connectivity index is 0.00000420. The maximum absolute atomic E-state index is 4.51. The van der Waals surface area contributed by atoms with E-state index in [-0.39, 0.29) is 30.0 Å². The third kappa shape index (κ3) is 7.62. The number of rotatable bonds is 8. The minimum absolute atomic E-state index is 0. The zero-order chi connectivity index (χ0) is 20.7. The number of aromatic nitrogens is 2. The molecular weight excluding hydrogens is 475 g/mol. The van der Waals surface area contributed by atoms with Gasteiger partial charge in [0.2, 0.25) is 0 Å². The van der Waals surface area contributed by atoms with E-state index in [1.165, 1.54) is 16.8 Å². The van der Waals surface area contributed by atoms with E-state index >= 15 is 0 Å². The SMILES string of the molecule is CN=C(NCC(C)N(C)Cc1ccccc1)NC(C)Cc1c(C)nn(C)c1C.I. The molecule has 1 aromatic heterocycles. The van der Waals surface area contributed by atoms with Crippen LogP contribution < -0.4 is 10.6 Å². The summed E-state index contributed by atoms with van der Waals surface area (Å²) < 4.78 is 1.95. The van der Waals surface area contributed by atoms with Gasteiger partial charge in [-0.3, -0.25) is 14.6 Å². The van der Waals surface area contributed by atoms with Gasteiger partial charge in [-0.1, -0.05) is 30.3 Å². The zero-order valence-corrected chi connectivity index (χ0v) is 21.2. The molecule has 0 aliphatic rings. The van der Waals surface area contributed by atoms with Gasteiger partial charge in [-0.25, -0.2) is 0 Å². The summed E-state index contributed by atoms with van der Waals surface area (Å²) in [5.41, 5.74) is 4.97. The van der Waals surface area contributed by atoms with Crippen LogP contribution in [-0.2, 0) is 20.0 Å². The molecule has 0 saturated carbocycles. The largest absolute Gasteiger partial charge is 0.355 e. The first-order valence-corrected chi connectivity index (χ1v) is 10.0. The van der Waals surface area contributed by atoms with Crippen molar-refractivity contribution in [3.8, 4) is 0 Å². The molecule has 1 heterocycles. The fourth-order valence-electron chi connectivity index (χ4n) is 3.33. The quantitative estimate of drug-likeness (QED) is 0.324. The molecule has 6 nitrogen and oxygen atoms in total. The van der Waals surface area contributed by atoms with Crippen molar-refractivity contribution in [2.75, 3.05) is 20.6 Å². The second-order valence-electron chi connectivity index (χ2n) is 7.73. The van der Waals surface area contributed by atoms with Crippen LogP contribution in [0.25, 0.3) is 0 Å². The molecule has 2 rings (SSSR count). The Morgan fingerprint density at radius 2 is 1.86 bits per heavy atom. The number of nitrogens with zero attached hydrogens (tertiary/aromatic N) is 4. The number of aryl methyl sites for hydroxylation is 2. The fraction of sp³-hybridized carbons (Fsp3) is 0.545. The number of benzene rings is 1. The average Bonchev–Trinajstić information content (AvgIpc) is 2.91. The van der Waals surface area contributed by atoms with Gasteiger partial charge in [0.05, 0.1) is 5.69 Å². The number of halogens is 1. The van der Waals surface area contributed by atoms with Crippen LogP contribution in [0.1, 0.15) is 36.4 Å². The number of guanidine groups is 1. The Morgan fingerprint density at radius 3 is 2.41 bits per heavy atom. The normalized spacial score (nSPS) is 13.7. The molecule has 1 aromatic carbocycles. The topological polar surface area (TPSA) is 57.5 Å². The summed E-state index contributed by atoms with van der Waals surface area (Å²) in [6, 6.07) is 11.2. The summed E-state index contributed by atoms with van der Waals surface area (Å²) in [6.07, 6.45) is 0.926. The van der Waals surface area contributed by atoms with Crippen LogP contribution in [0.3, 0.4) is 0 Å². The van der Waals surface area contributed by atoms with Crippen LogP contribution in [0.5, 0.6) is 0 Å². The van der Waals surface area contributed by atoms with E-state index in [9.17, 15) is 0 Å². The van der Waals surface area contributed by atoms with Gasteiger partial charge in [0.15, 0.2) is 5.96 Å². The molecule has 2 N–H and O–H groups in total. The van der Waals surface area contributed by atoms with Gasteiger partial charge in [-0.2, -0.15) is 5.10 Å². The van der Waals surface area contributed by atoms with Gasteiger partial charge in [-0.05, 0) is 52.3 Å². The minimum atomic E-state index is 0. The third-order valence-corrected chi connectivity index (χ3v) is 5.37. The predicted octanol–water partition coefficient (Wildman–Crippen LogP) is 3.27. The monoisotopic (exact) mass is 512 g/mol. The van der Waals surface area contributed by atoms with Gasteiger partial charge < -0.3 is 10.6 Å². The summed E-state index contributed by atoms with van der Waals surface area (Å²) in [6.45, 7) is 10.4. The predicted molar refractivity (Wildman–Crippen MR) is 133 cm³/mol. The molecule has 0 amide bonds. The van der Waals surface area contributed by atoms with Crippen molar-refractivity contribution in [2.24, 2.45) is 12.0 Å². The van der Waals surface area contributed by atoms with E-state index in [2.05, 4.69) is 90.7 Å². The highest BCUT2D eigenvalue weighted by molar-refractivity contribution is 14.0. The Morgan fingerprint density at radius 1 is 1.21 bits per heavy atom. The lowest BCUT2D eigenvalue weighted by atomic mass is 10.1. The van der Waals surface area contributed by atoms with E-state index in [4.69, 9.17) is 0 Å². The Labute approximate surface area is 193 Å². The number of aliphatic imine (C=N–C) groups is 1. The fourth-order valence-corrected chi connectivity index (χ4v) is 3.33. The molecule has 2 unspecified atom stereocenters. The Kier molecular flexibility index (Phi) is 10.7. The van der Waals surface area contributed by atoms with Crippen molar-refractivity contribution in [3.63, 3.8) is 0 Å². The van der Waals surface area contributed by atoms with Crippen molar-refractivity contribution in [1.82, 2.24) is 25.3 Å². The number of hydrogen-bond acceptors (Lipinski definition) is 3. The smallest absolute Gasteiger partial charge is 0.191 e. The van der Waals surface area contributed by atoms with Gasteiger partial charge in [0, 0.05) is 45.0 Å². The van der Waals surface area contributed by atoms with Crippen molar-refractivity contribution >= 4 is 29.9 Å². The molecule has 0 spiro atoms. The molecule has 29 heavy (non-hydrogen) atoms. The molecule has 2 atom stereocenters. The van der Waals surface area contributed by atoms with Crippen LogP contribution in [0.4, 0.5) is 0 Å². The summed E-state index contributed by atoms with van der Waals surface area (Å²) in [4.78, 5) is 6.74. The number of nitrogens with one attached hydrogen (secondary N) is 2. The first kappa shape index (κ1) is 25.4. The van der Waals surface area contributed by atoms with Crippen molar-refractivity contribution in [2.45, 2.75) is 52.7 Å². The maximum atomic E-state index is 4.51. The highest BCUT2D eigenvalue weighted by Gasteiger charge is 2.15. The molecule has 0 aliphatic heterocycles. The molecule has 2 aromatic rings. The molecule has 0 aliphatic carbocycles. The van der Waals surface area contributed by atoms with Gasteiger partial charge in [0.25, 0.3) is 0 Å². The van der Waals surface area contributed by atoms with Gasteiger partial charge >= 0.3 is 0 Å². The van der Waals surface area contributed by atoms with Crippen molar-refractivity contribution in [3.05, 3.63) is 52.8 Å². The Bertz CT molecular complexity index is 771. The molecule has 162 valence electrons. The summed E-state index contributed by atoms with van der Waals surface area (Å²) in [7, 11) is 5.98. The lowest BCUT2D eigenvalue weighted by Crippen LogP contribution is -2.47. The van der Waals surface area contributed by atoms with Crippen molar-refractivity contribution < 1.29 is 0 Å². The summed E-state index contributed by atoms with van der Waals surface area (Å²) in [5.74, 6) is 0.839. The van der Waals surface area contributed by atoms with E-state index < -0.39 is 0 Å². The Hall–Kier alpha value is -1.61. The van der Waals surface area contributed by atoms with Gasteiger partial charge in [0.1, 0.15) is 0 Å². The summed E-state index contributed by atoms with van der Waals surface area (Å²) >= 11 is 0. The second kappa shape index (κ2) is 12.2. The first-order chi connectivity index (χ1) is 13.3. The van der Waals surface area contributed by atoms with Crippen LogP contribution in [0.2, 0.25) is 0 Å². The average molecular weight is 512 g/mol. The molecule has 0 fully saturated rings. The zero-order valence-electron chi connectivity index (χ0n) is 18.9. The van der Waals surface area contributed by atoms with Gasteiger partial charge in [-0.15, -0.1) is 24.0 Å². The molecule has 0 saturated heterocycles. The molecule has 7 heteroatoms. The number of hydrogen-bond donors (Lipinski definition) is 2. The van der Waals surface area contributed by atoms with Crippen molar-refractivity contribution in [1.29, 1.82) is 0 Å². The first-order valence-electron chi connectivity index (χ1n) is 10.0. The molecular formula is C22H37IN6. The lowest BCUT2D eigenvalue weighted by Gasteiger charge is -2.26. The molecule has 0 radical (unpaired) electrons. The molecule has 0 bridgehead atoms. The highest BCUT2D eigenvalue weighted by atomic mass is 127. The van der Waals surface area contributed by atoms with Crippen LogP contribution in [0.15, 0.2) is 35.3 Å². The highest BCUT2D eigenvalue weighted by Crippen LogP contribution is 2.14. The van der Waals surface area contributed by atoms with E-state index in [0.29, 0.717) is 6.04 Å². The van der Waals surface area contributed by atoms with Crippen LogP contribution in [0, 0.1) is 13.8 Å². The second-order valence-corrected chi connectivity index (χ2v) is 7.73. The maximum Gasteiger partial charge on any atom is 0.191 e. The number of likely N-dealkylation sites (N-methyl/N-ethyl adjacent to an activating group) is 1. The third-order valence-electron chi connectivity index (χ3n) is 5.37. The van der Waals surface area contributed by atoms with Crippen LogP contribution in [-0.4, -0.2) is 53.4 Å². The van der Waals surface area contributed by atoms with E-state index in [1.54, 1.807) is 0 Å². The van der Waals surface area contributed by atoms with E-state index in [0.717, 1.165) is 31.2 Å².